The molecule has 23 heavy (non-hydrogen) atoms. The summed E-state index contributed by atoms with van der Waals surface area (Å²) >= 11 is 0. The molecule has 1 aromatic heterocycles. The van der Waals surface area contributed by atoms with Crippen molar-refractivity contribution in [3.05, 3.63) is 42.2 Å². The molecule has 0 spiro atoms. The first-order valence-electron chi connectivity index (χ1n) is 7.95. The van der Waals surface area contributed by atoms with Crippen molar-refractivity contribution in [3.8, 4) is 0 Å². The number of aromatic nitrogens is 1. The van der Waals surface area contributed by atoms with Gasteiger partial charge in [0.15, 0.2) is 0 Å². The molecule has 1 amide bonds. The van der Waals surface area contributed by atoms with E-state index in [0.29, 0.717) is 5.69 Å². The molecule has 0 bridgehead atoms. The van der Waals surface area contributed by atoms with Crippen LogP contribution in [-0.2, 0) is 4.74 Å². The molecule has 0 saturated heterocycles. The Morgan fingerprint density at radius 3 is 2.87 bits per heavy atom. The summed E-state index contributed by atoms with van der Waals surface area (Å²) in [7, 11) is 3.34. The van der Waals surface area contributed by atoms with Crippen LogP contribution in [0.1, 0.15) is 29.8 Å². The maximum atomic E-state index is 12.9. The topological polar surface area (TPSA) is 62.7 Å². The summed E-state index contributed by atoms with van der Waals surface area (Å²) in [6, 6.07) is 9.35. The number of rotatable bonds is 3. The maximum Gasteiger partial charge on any atom is 0.273 e. The minimum Gasteiger partial charge on any atom is -0.388 e. The van der Waals surface area contributed by atoms with Gasteiger partial charge in [-0.15, -0.1) is 0 Å². The van der Waals surface area contributed by atoms with Gasteiger partial charge in [0, 0.05) is 25.7 Å². The highest BCUT2D eigenvalue weighted by Crippen LogP contribution is 2.26. The van der Waals surface area contributed by atoms with Crippen molar-refractivity contribution in [2.24, 2.45) is 0 Å². The molecule has 3 atom stereocenters. The number of fused-ring (bicyclic) bond motifs is 1. The second-order valence-corrected chi connectivity index (χ2v) is 6.06. The van der Waals surface area contributed by atoms with E-state index in [1.165, 1.54) is 0 Å². The van der Waals surface area contributed by atoms with E-state index in [9.17, 15) is 9.90 Å². The zero-order chi connectivity index (χ0) is 16.4. The lowest BCUT2D eigenvalue weighted by molar-refractivity contribution is -0.0714. The maximum absolute atomic E-state index is 12.9. The number of hydrogen-bond donors (Lipinski definition) is 1. The van der Waals surface area contributed by atoms with E-state index in [-0.39, 0.29) is 18.1 Å². The highest BCUT2D eigenvalue weighted by Gasteiger charge is 2.36. The van der Waals surface area contributed by atoms with Gasteiger partial charge >= 0.3 is 0 Å². The van der Waals surface area contributed by atoms with Crippen LogP contribution in [0, 0.1) is 0 Å². The zero-order valence-electron chi connectivity index (χ0n) is 13.5. The van der Waals surface area contributed by atoms with Crippen molar-refractivity contribution in [3.63, 3.8) is 0 Å². The lowest BCUT2D eigenvalue weighted by Gasteiger charge is -2.39. The average Bonchev–Trinajstić information content (AvgIpc) is 2.60. The summed E-state index contributed by atoms with van der Waals surface area (Å²) in [6.45, 7) is 0. The summed E-state index contributed by atoms with van der Waals surface area (Å²) in [4.78, 5) is 18.8. The van der Waals surface area contributed by atoms with Crippen LogP contribution in [0.4, 0.5) is 0 Å². The molecular weight excluding hydrogens is 292 g/mol. The van der Waals surface area contributed by atoms with Crippen LogP contribution in [0.3, 0.4) is 0 Å². The van der Waals surface area contributed by atoms with Crippen LogP contribution >= 0.6 is 0 Å². The number of ether oxygens (including phenoxy) is 1. The van der Waals surface area contributed by atoms with Gasteiger partial charge in [-0.3, -0.25) is 9.78 Å². The van der Waals surface area contributed by atoms with Gasteiger partial charge in [-0.05, 0) is 30.7 Å². The molecule has 1 saturated carbocycles. The van der Waals surface area contributed by atoms with Gasteiger partial charge < -0.3 is 14.7 Å². The SMILES string of the molecule is CO[C@@H]1CCC[C@@H](N(C)C(=O)c2nccc3ccccc23)[C@H]1O. The Hall–Kier alpha value is -1.98. The average molecular weight is 314 g/mol. The highest BCUT2D eigenvalue weighted by atomic mass is 16.5. The van der Waals surface area contributed by atoms with Gasteiger partial charge in [-0.2, -0.15) is 0 Å². The number of carbonyl (C=O) groups excluding carboxylic acids is 1. The Bertz CT molecular complexity index is 698. The number of likely N-dealkylation sites (N-methyl/N-ethyl adjacent to an activating group) is 1. The summed E-state index contributed by atoms with van der Waals surface area (Å²) < 4.78 is 5.34. The van der Waals surface area contributed by atoms with Crippen LogP contribution in [0.25, 0.3) is 10.8 Å². The molecule has 1 fully saturated rings. The summed E-state index contributed by atoms with van der Waals surface area (Å²) in [5.41, 5.74) is 0.428. The monoisotopic (exact) mass is 314 g/mol. The molecule has 5 nitrogen and oxygen atoms in total. The first kappa shape index (κ1) is 15.9. The summed E-state index contributed by atoms with van der Waals surface area (Å²) in [6.07, 6.45) is 3.29. The Balaban J connectivity index is 1.89. The lowest BCUT2D eigenvalue weighted by atomic mass is 9.88. The fraction of sp³-hybridized carbons (Fsp3) is 0.444. The van der Waals surface area contributed by atoms with Crippen LogP contribution < -0.4 is 0 Å². The van der Waals surface area contributed by atoms with Gasteiger partial charge in [0.2, 0.25) is 0 Å². The third kappa shape index (κ3) is 2.94. The van der Waals surface area contributed by atoms with E-state index >= 15 is 0 Å². The Morgan fingerprint density at radius 1 is 1.30 bits per heavy atom. The summed E-state index contributed by atoms with van der Waals surface area (Å²) in [5.74, 6) is -0.164. The van der Waals surface area contributed by atoms with E-state index < -0.39 is 6.10 Å². The molecule has 1 N–H and O–H groups in total. The standard InChI is InChI=1S/C18H22N2O3/c1-20(14-8-5-9-15(23-2)17(14)21)18(22)16-13-7-4-3-6-12(13)10-11-19-16/h3-4,6-7,10-11,14-15,17,21H,5,8-9H2,1-2H3/t14-,15-,17-/m1/s1. The van der Waals surface area contributed by atoms with E-state index in [2.05, 4.69) is 4.98 Å². The largest absolute Gasteiger partial charge is 0.388 e. The van der Waals surface area contributed by atoms with Gasteiger partial charge in [0.1, 0.15) is 11.8 Å². The molecule has 0 unspecified atom stereocenters. The molecule has 1 aliphatic rings. The molecule has 0 radical (unpaired) electrons. The normalized spacial score (nSPS) is 24.6. The van der Waals surface area contributed by atoms with Crippen molar-refractivity contribution in [2.45, 2.75) is 37.5 Å². The number of nitrogens with zero attached hydrogens (tertiary/aromatic N) is 2. The number of methoxy groups -OCH3 is 1. The molecule has 122 valence electrons. The molecular formula is C18H22N2O3. The Labute approximate surface area is 135 Å². The number of carbonyl (C=O) groups is 1. The minimum absolute atomic E-state index is 0.164. The Kier molecular flexibility index (Phi) is 4.59. The molecule has 5 heteroatoms. The second-order valence-electron chi connectivity index (χ2n) is 6.06. The van der Waals surface area contributed by atoms with Gasteiger partial charge in [0.05, 0.1) is 12.1 Å². The van der Waals surface area contributed by atoms with Crippen LogP contribution in [-0.4, -0.2) is 53.3 Å². The van der Waals surface area contributed by atoms with Crippen LogP contribution in [0.2, 0.25) is 0 Å². The van der Waals surface area contributed by atoms with Gasteiger partial charge in [-0.25, -0.2) is 0 Å². The fourth-order valence-corrected chi connectivity index (χ4v) is 3.41. The molecule has 0 aliphatic heterocycles. The first-order valence-corrected chi connectivity index (χ1v) is 7.95. The number of hydrogen-bond acceptors (Lipinski definition) is 4. The van der Waals surface area contributed by atoms with Crippen molar-refractivity contribution in [1.29, 1.82) is 0 Å². The zero-order valence-corrected chi connectivity index (χ0v) is 13.5. The predicted molar refractivity (Wildman–Crippen MR) is 88.3 cm³/mol. The van der Waals surface area contributed by atoms with Crippen molar-refractivity contribution >= 4 is 16.7 Å². The molecule has 3 rings (SSSR count). The fourth-order valence-electron chi connectivity index (χ4n) is 3.41. The highest BCUT2D eigenvalue weighted by molar-refractivity contribution is 6.05. The second kappa shape index (κ2) is 6.64. The molecule has 1 aliphatic carbocycles. The third-order valence-electron chi connectivity index (χ3n) is 4.76. The molecule has 1 aromatic carbocycles. The number of amides is 1. The van der Waals surface area contributed by atoms with E-state index in [4.69, 9.17) is 4.74 Å². The number of pyridine rings is 1. The van der Waals surface area contributed by atoms with E-state index in [1.54, 1.807) is 25.3 Å². The number of aliphatic hydroxyl groups is 1. The van der Waals surface area contributed by atoms with Gasteiger partial charge in [-0.1, -0.05) is 24.3 Å². The smallest absolute Gasteiger partial charge is 0.273 e. The van der Waals surface area contributed by atoms with Crippen molar-refractivity contribution in [1.82, 2.24) is 9.88 Å². The number of benzene rings is 1. The summed E-state index contributed by atoms with van der Waals surface area (Å²) in [5, 5.41) is 12.3. The van der Waals surface area contributed by atoms with Crippen molar-refractivity contribution in [2.75, 3.05) is 14.2 Å². The predicted octanol–water partition coefficient (Wildman–Crippen LogP) is 2.24. The molecule has 2 aromatic rings. The lowest BCUT2D eigenvalue weighted by Crippen LogP contribution is -2.52. The van der Waals surface area contributed by atoms with Crippen LogP contribution in [0.15, 0.2) is 36.5 Å². The minimum atomic E-state index is -0.669. The molecule has 1 heterocycles. The van der Waals surface area contributed by atoms with E-state index in [0.717, 1.165) is 30.0 Å². The first-order chi connectivity index (χ1) is 11.1. The third-order valence-corrected chi connectivity index (χ3v) is 4.76. The van der Waals surface area contributed by atoms with Crippen molar-refractivity contribution < 1.29 is 14.6 Å². The number of aliphatic hydroxyl groups excluding tert-OH is 1. The van der Waals surface area contributed by atoms with Gasteiger partial charge in [0.25, 0.3) is 5.91 Å². The Morgan fingerprint density at radius 2 is 2.09 bits per heavy atom. The van der Waals surface area contributed by atoms with E-state index in [1.807, 2.05) is 30.3 Å². The van der Waals surface area contributed by atoms with Crippen LogP contribution in [0.5, 0.6) is 0 Å². The quantitative estimate of drug-likeness (QED) is 0.944.